The van der Waals surface area contributed by atoms with Gasteiger partial charge in [-0.3, -0.25) is 10.1 Å². The number of rotatable bonds is 5. The summed E-state index contributed by atoms with van der Waals surface area (Å²) in [6.07, 6.45) is 0. The van der Waals surface area contributed by atoms with Crippen molar-refractivity contribution in [1.29, 1.82) is 0 Å². The molecule has 7 heteroatoms. The van der Waals surface area contributed by atoms with Crippen LogP contribution in [0, 0.1) is 15.9 Å². The van der Waals surface area contributed by atoms with E-state index in [1.54, 1.807) is 6.07 Å². The molecular formula is C14H12ClFN2O3. The van der Waals surface area contributed by atoms with Crippen molar-refractivity contribution >= 4 is 23.0 Å². The van der Waals surface area contributed by atoms with E-state index in [0.29, 0.717) is 16.3 Å². The summed E-state index contributed by atoms with van der Waals surface area (Å²) in [4.78, 5) is 10.4. The number of nitro groups is 1. The second-order valence-electron chi connectivity index (χ2n) is 4.24. The molecule has 2 aromatic carbocycles. The van der Waals surface area contributed by atoms with Crippen LogP contribution in [0.3, 0.4) is 0 Å². The van der Waals surface area contributed by atoms with Crippen molar-refractivity contribution in [2.24, 2.45) is 0 Å². The van der Waals surface area contributed by atoms with Gasteiger partial charge < -0.3 is 10.1 Å². The van der Waals surface area contributed by atoms with E-state index in [4.69, 9.17) is 16.3 Å². The molecule has 0 aliphatic rings. The van der Waals surface area contributed by atoms with Crippen LogP contribution < -0.4 is 10.1 Å². The van der Waals surface area contributed by atoms with Gasteiger partial charge in [0.25, 0.3) is 0 Å². The molecule has 2 aromatic rings. The Bertz CT molecular complexity index is 679. The monoisotopic (exact) mass is 310 g/mol. The van der Waals surface area contributed by atoms with Crippen molar-refractivity contribution in [2.45, 2.75) is 6.54 Å². The number of ether oxygens (including phenoxy) is 1. The van der Waals surface area contributed by atoms with Gasteiger partial charge in [0, 0.05) is 12.6 Å². The average molecular weight is 311 g/mol. The van der Waals surface area contributed by atoms with E-state index in [0.717, 1.165) is 0 Å². The number of hydrogen-bond donors (Lipinski definition) is 1. The molecule has 0 spiro atoms. The van der Waals surface area contributed by atoms with Crippen LogP contribution in [0.15, 0.2) is 36.4 Å². The highest BCUT2D eigenvalue weighted by atomic mass is 35.5. The third-order valence-electron chi connectivity index (χ3n) is 2.85. The van der Waals surface area contributed by atoms with Crippen LogP contribution >= 0.6 is 11.6 Å². The lowest BCUT2D eigenvalue weighted by atomic mass is 10.2. The largest absolute Gasteiger partial charge is 0.490 e. The highest BCUT2D eigenvalue weighted by Crippen LogP contribution is 2.28. The number of methoxy groups -OCH3 is 1. The van der Waals surface area contributed by atoms with E-state index in [1.807, 2.05) is 0 Å². The fourth-order valence-corrected chi connectivity index (χ4v) is 2.00. The summed E-state index contributed by atoms with van der Waals surface area (Å²) in [5, 5.41) is 14.3. The maximum atomic E-state index is 13.1. The van der Waals surface area contributed by atoms with Crippen molar-refractivity contribution in [3.63, 3.8) is 0 Å². The number of benzene rings is 2. The van der Waals surface area contributed by atoms with Gasteiger partial charge in [-0.05, 0) is 29.8 Å². The first kappa shape index (κ1) is 15.1. The lowest BCUT2D eigenvalue weighted by Gasteiger charge is -2.09. The standard InChI is InChI=1S/C14H12ClFN2O3/c1-21-14-5-2-9(6-13(14)18(19)20)8-17-12-7-10(16)3-4-11(12)15/h2-7,17H,8H2,1H3. The Hall–Kier alpha value is -2.34. The molecule has 5 nitrogen and oxygen atoms in total. The molecule has 0 saturated carbocycles. The lowest BCUT2D eigenvalue weighted by Crippen LogP contribution is -2.02. The minimum absolute atomic E-state index is 0.123. The first-order valence-corrected chi connectivity index (χ1v) is 6.39. The number of hydrogen-bond acceptors (Lipinski definition) is 4. The number of nitro benzene ring substituents is 1. The summed E-state index contributed by atoms with van der Waals surface area (Å²) in [6, 6.07) is 8.56. The Morgan fingerprint density at radius 2 is 2.10 bits per heavy atom. The molecule has 0 fully saturated rings. The van der Waals surface area contributed by atoms with Crippen LogP contribution in [0.1, 0.15) is 5.56 Å². The maximum Gasteiger partial charge on any atom is 0.311 e. The number of nitrogens with one attached hydrogen (secondary N) is 1. The Kier molecular flexibility index (Phi) is 4.59. The zero-order chi connectivity index (χ0) is 15.4. The Balaban J connectivity index is 2.18. The predicted octanol–water partition coefficient (Wildman–Crippen LogP) is 4.01. The minimum atomic E-state index is -0.516. The van der Waals surface area contributed by atoms with Crippen molar-refractivity contribution in [3.8, 4) is 5.75 Å². The van der Waals surface area contributed by atoms with Crippen molar-refractivity contribution in [3.05, 3.63) is 62.9 Å². The second-order valence-corrected chi connectivity index (χ2v) is 4.65. The van der Waals surface area contributed by atoms with Crippen molar-refractivity contribution in [2.75, 3.05) is 12.4 Å². The fraction of sp³-hybridized carbons (Fsp3) is 0.143. The topological polar surface area (TPSA) is 64.4 Å². The molecular weight excluding hydrogens is 299 g/mol. The van der Waals surface area contributed by atoms with E-state index < -0.39 is 10.7 Å². The zero-order valence-corrected chi connectivity index (χ0v) is 11.9. The van der Waals surface area contributed by atoms with E-state index in [-0.39, 0.29) is 18.0 Å². The van der Waals surface area contributed by atoms with Gasteiger partial charge >= 0.3 is 5.69 Å². The highest BCUT2D eigenvalue weighted by Gasteiger charge is 2.15. The molecule has 1 N–H and O–H groups in total. The lowest BCUT2D eigenvalue weighted by molar-refractivity contribution is -0.385. The third-order valence-corrected chi connectivity index (χ3v) is 3.18. The molecule has 21 heavy (non-hydrogen) atoms. The van der Waals surface area contributed by atoms with Crippen LogP contribution in [0.5, 0.6) is 5.75 Å². The third kappa shape index (κ3) is 3.61. The van der Waals surface area contributed by atoms with Gasteiger partial charge in [0.2, 0.25) is 0 Å². The molecule has 0 saturated heterocycles. The van der Waals surface area contributed by atoms with Gasteiger partial charge in [0.1, 0.15) is 5.82 Å². The molecule has 0 heterocycles. The molecule has 0 aromatic heterocycles. The average Bonchev–Trinajstić information content (AvgIpc) is 2.47. The van der Waals surface area contributed by atoms with Crippen LogP contribution in [0.2, 0.25) is 5.02 Å². The number of anilines is 1. The van der Waals surface area contributed by atoms with Gasteiger partial charge in [0.15, 0.2) is 5.75 Å². The van der Waals surface area contributed by atoms with Crippen LogP contribution in [-0.4, -0.2) is 12.0 Å². The molecule has 0 unspecified atom stereocenters. The molecule has 0 aliphatic carbocycles. The van der Waals surface area contributed by atoms with Gasteiger partial charge in [0.05, 0.1) is 22.7 Å². The van der Waals surface area contributed by atoms with Gasteiger partial charge in [-0.15, -0.1) is 0 Å². The summed E-state index contributed by atoms with van der Waals surface area (Å²) < 4.78 is 18.1. The molecule has 0 bridgehead atoms. The van der Waals surface area contributed by atoms with Gasteiger partial charge in [-0.2, -0.15) is 0 Å². The van der Waals surface area contributed by atoms with Gasteiger partial charge in [-0.25, -0.2) is 4.39 Å². The molecule has 2 rings (SSSR count). The van der Waals surface area contributed by atoms with Crippen molar-refractivity contribution in [1.82, 2.24) is 0 Å². The summed E-state index contributed by atoms with van der Waals surface area (Å²) >= 11 is 5.93. The minimum Gasteiger partial charge on any atom is -0.490 e. The summed E-state index contributed by atoms with van der Waals surface area (Å²) in [7, 11) is 1.37. The van der Waals surface area contributed by atoms with E-state index in [9.17, 15) is 14.5 Å². The normalized spacial score (nSPS) is 10.2. The van der Waals surface area contributed by atoms with Gasteiger partial charge in [-0.1, -0.05) is 17.7 Å². The number of halogens is 2. The molecule has 0 atom stereocenters. The molecule has 0 radical (unpaired) electrons. The Morgan fingerprint density at radius 3 is 2.76 bits per heavy atom. The van der Waals surface area contributed by atoms with E-state index in [2.05, 4.69) is 5.32 Å². The SMILES string of the molecule is COc1ccc(CNc2cc(F)ccc2Cl)cc1[N+](=O)[O-]. The highest BCUT2D eigenvalue weighted by molar-refractivity contribution is 6.33. The van der Waals surface area contributed by atoms with Crippen molar-refractivity contribution < 1.29 is 14.1 Å². The quantitative estimate of drug-likeness (QED) is 0.669. The van der Waals surface area contributed by atoms with Crippen LogP contribution in [0.4, 0.5) is 15.8 Å². The second kappa shape index (κ2) is 6.41. The smallest absolute Gasteiger partial charge is 0.311 e. The first-order valence-electron chi connectivity index (χ1n) is 6.01. The zero-order valence-electron chi connectivity index (χ0n) is 11.1. The summed E-state index contributed by atoms with van der Waals surface area (Å²) in [5.41, 5.74) is 0.958. The van der Waals surface area contributed by atoms with Crippen LogP contribution in [-0.2, 0) is 6.54 Å². The Morgan fingerprint density at radius 1 is 1.33 bits per heavy atom. The maximum absolute atomic E-state index is 13.1. The van der Waals surface area contributed by atoms with E-state index in [1.165, 1.54) is 37.4 Å². The molecule has 110 valence electrons. The van der Waals surface area contributed by atoms with Crippen LogP contribution in [0.25, 0.3) is 0 Å². The van der Waals surface area contributed by atoms with E-state index >= 15 is 0 Å². The first-order chi connectivity index (χ1) is 10.0. The predicted molar refractivity (Wildman–Crippen MR) is 78.4 cm³/mol. The molecule has 0 amide bonds. The summed E-state index contributed by atoms with van der Waals surface area (Å²) in [6.45, 7) is 0.272. The molecule has 0 aliphatic heterocycles. The number of nitrogens with zero attached hydrogens (tertiary/aromatic N) is 1. The summed E-state index contributed by atoms with van der Waals surface area (Å²) in [5.74, 6) is -0.227. The Labute approximate surface area is 125 Å². The fourth-order valence-electron chi connectivity index (χ4n) is 1.82.